The molecule has 0 atom stereocenters. The first kappa shape index (κ1) is 23.9. The minimum absolute atomic E-state index is 0.547. The number of fused-ring (bicyclic) bond motifs is 2. The molecular formula is C30H30N6O2. The van der Waals surface area contributed by atoms with Crippen molar-refractivity contribution in [1.29, 1.82) is 0 Å². The Labute approximate surface area is 221 Å². The number of hydrogen-bond donors (Lipinski definition) is 1. The molecule has 5 aromatic rings. The molecule has 0 spiro atoms. The molecule has 1 aliphatic rings. The number of methoxy groups -OCH3 is 2. The van der Waals surface area contributed by atoms with Crippen molar-refractivity contribution in [3.05, 3.63) is 101 Å². The summed E-state index contributed by atoms with van der Waals surface area (Å²) in [7, 11) is 3.27. The average Bonchev–Trinajstić information content (AvgIpc) is 3.43. The van der Waals surface area contributed by atoms with Crippen LogP contribution >= 0.6 is 0 Å². The van der Waals surface area contributed by atoms with E-state index in [1.165, 1.54) is 11.1 Å². The summed E-state index contributed by atoms with van der Waals surface area (Å²) in [5, 5.41) is 8.30. The van der Waals surface area contributed by atoms with Crippen molar-refractivity contribution in [3.8, 4) is 22.9 Å². The first-order valence-corrected chi connectivity index (χ1v) is 12.8. The molecule has 0 bridgehead atoms. The molecule has 0 amide bonds. The second-order valence-electron chi connectivity index (χ2n) is 9.42. The minimum Gasteiger partial charge on any atom is -0.493 e. The number of nitrogens with zero attached hydrogens (tertiary/aromatic N) is 5. The number of hydrogen-bond acceptors (Lipinski definition) is 7. The second-order valence-corrected chi connectivity index (χ2v) is 9.42. The lowest BCUT2D eigenvalue weighted by molar-refractivity contribution is 0.246. The van der Waals surface area contributed by atoms with Crippen LogP contribution in [-0.2, 0) is 26.1 Å². The molecule has 0 radical (unpaired) electrons. The minimum atomic E-state index is 0.547. The van der Waals surface area contributed by atoms with Gasteiger partial charge in [0.15, 0.2) is 23.0 Å². The lowest BCUT2D eigenvalue weighted by Crippen LogP contribution is -2.30. The highest BCUT2D eigenvalue weighted by atomic mass is 16.5. The van der Waals surface area contributed by atoms with E-state index in [1.54, 1.807) is 14.2 Å². The molecule has 0 saturated carbocycles. The molecule has 3 heterocycles. The van der Waals surface area contributed by atoms with E-state index in [0.717, 1.165) is 48.4 Å². The molecule has 0 aliphatic carbocycles. The Morgan fingerprint density at radius 3 is 2.50 bits per heavy atom. The Hall–Kier alpha value is -4.43. The molecule has 0 fully saturated rings. The summed E-state index contributed by atoms with van der Waals surface area (Å²) in [6.45, 7) is 3.22. The predicted octanol–water partition coefficient (Wildman–Crippen LogP) is 4.98. The van der Waals surface area contributed by atoms with Crippen LogP contribution in [0.25, 0.3) is 17.0 Å². The zero-order chi connectivity index (χ0) is 25.9. The van der Waals surface area contributed by atoms with Crippen molar-refractivity contribution in [2.75, 3.05) is 26.1 Å². The fourth-order valence-corrected chi connectivity index (χ4v) is 4.96. The maximum absolute atomic E-state index is 5.46. The molecule has 1 aliphatic heterocycles. The Kier molecular flexibility index (Phi) is 6.62. The summed E-state index contributed by atoms with van der Waals surface area (Å²) in [4.78, 5) is 12.2. The normalized spacial score (nSPS) is 13.3. The van der Waals surface area contributed by atoms with E-state index < -0.39 is 0 Å². The lowest BCUT2D eigenvalue weighted by atomic mass is 10.00. The SMILES string of the molecule is COc1ccc(CNc2ncc(CN3CCc4ccccc4C3)c3nc(-c4ccccc4)nn23)cc1OC. The van der Waals surface area contributed by atoms with Gasteiger partial charge in [-0.1, -0.05) is 60.7 Å². The number of anilines is 1. The molecule has 0 saturated heterocycles. The van der Waals surface area contributed by atoms with Gasteiger partial charge in [0, 0.05) is 43.5 Å². The van der Waals surface area contributed by atoms with Gasteiger partial charge < -0.3 is 14.8 Å². The molecular weight excluding hydrogens is 476 g/mol. The third kappa shape index (κ3) is 4.78. The highest BCUT2D eigenvalue weighted by Crippen LogP contribution is 2.28. The van der Waals surface area contributed by atoms with Gasteiger partial charge in [-0.2, -0.15) is 4.52 Å². The van der Waals surface area contributed by atoms with Crippen LogP contribution in [0.5, 0.6) is 11.5 Å². The molecule has 6 rings (SSSR count). The third-order valence-electron chi connectivity index (χ3n) is 6.97. The van der Waals surface area contributed by atoms with Gasteiger partial charge in [-0.15, -0.1) is 5.10 Å². The lowest BCUT2D eigenvalue weighted by Gasteiger charge is -2.28. The van der Waals surface area contributed by atoms with E-state index in [4.69, 9.17) is 24.5 Å². The summed E-state index contributed by atoms with van der Waals surface area (Å²) in [5.74, 6) is 2.70. The summed E-state index contributed by atoms with van der Waals surface area (Å²) in [6, 6.07) is 24.6. The van der Waals surface area contributed by atoms with E-state index in [0.29, 0.717) is 29.8 Å². The Morgan fingerprint density at radius 2 is 1.68 bits per heavy atom. The van der Waals surface area contributed by atoms with Crippen LogP contribution in [0.3, 0.4) is 0 Å². The molecule has 2 aromatic heterocycles. The van der Waals surface area contributed by atoms with Gasteiger partial charge in [0.1, 0.15) is 0 Å². The molecule has 192 valence electrons. The van der Waals surface area contributed by atoms with E-state index >= 15 is 0 Å². The van der Waals surface area contributed by atoms with Crippen LogP contribution < -0.4 is 14.8 Å². The molecule has 3 aromatic carbocycles. The molecule has 0 unspecified atom stereocenters. The van der Waals surface area contributed by atoms with Crippen molar-refractivity contribution in [1.82, 2.24) is 24.5 Å². The van der Waals surface area contributed by atoms with Crippen molar-refractivity contribution in [2.24, 2.45) is 0 Å². The van der Waals surface area contributed by atoms with Gasteiger partial charge >= 0.3 is 0 Å². The van der Waals surface area contributed by atoms with Gasteiger partial charge in [-0.25, -0.2) is 9.97 Å². The van der Waals surface area contributed by atoms with Crippen molar-refractivity contribution in [2.45, 2.75) is 26.1 Å². The number of benzene rings is 3. The Balaban J connectivity index is 1.31. The Morgan fingerprint density at radius 1 is 0.895 bits per heavy atom. The molecule has 8 nitrogen and oxygen atoms in total. The summed E-state index contributed by atoms with van der Waals surface area (Å²) >= 11 is 0. The van der Waals surface area contributed by atoms with Crippen LogP contribution in [0.2, 0.25) is 0 Å². The zero-order valence-corrected chi connectivity index (χ0v) is 21.6. The van der Waals surface area contributed by atoms with Crippen LogP contribution in [0, 0.1) is 0 Å². The van der Waals surface area contributed by atoms with Gasteiger partial charge in [0.2, 0.25) is 5.95 Å². The standard InChI is InChI=1S/C30H30N6O2/c1-37-26-13-12-21(16-27(26)38-2)17-31-30-32-18-25(20-35-15-14-22-8-6-7-11-24(22)19-35)29-33-28(34-36(29)30)23-9-4-3-5-10-23/h3-13,16,18H,14-15,17,19-20H2,1-2H3,(H,31,32). The highest BCUT2D eigenvalue weighted by Gasteiger charge is 2.20. The van der Waals surface area contributed by atoms with Crippen molar-refractivity contribution >= 4 is 11.6 Å². The van der Waals surface area contributed by atoms with Crippen LogP contribution in [0.4, 0.5) is 5.95 Å². The van der Waals surface area contributed by atoms with Gasteiger partial charge in [0.05, 0.1) is 14.2 Å². The van der Waals surface area contributed by atoms with E-state index in [2.05, 4.69) is 34.5 Å². The Bertz CT molecular complexity index is 1570. The number of rotatable bonds is 8. The smallest absolute Gasteiger partial charge is 0.226 e. The number of nitrogens with one attached hydrogen (secondary N) is 1. The van der Waals surface area contributed by atoms with Crippen molar-refractivity contribution in [3.63, 3.8) is 0 Å². The van der Waals surface area contributed by atoms with Crippen LogP contribution in [0.15, 0.2) is 79.0 Å². The fraction of sp³-hybridized carbons (Fsp3) is 0.233. The highest BCUT2D eigenvalue weighted by molar-refractivity contribution is 5.61. The average molecular weight is 507 g/mol. The first-order chi connectivity index (χ1) is 18.7. The monoisotopic (exact) mass is 506 g/mol. The topological polar surface area (TPSA) is 76.8 Å². The quantitative estimate of drug-likeness (QED) is 0.318. The fourth-order valence-electron chi connectivity index (χ4n) is 4.96. The van der Waals surface area contributed by atoms with Gasteiger partial charge in [-0.3, -0.25) is 4.90 Å². The summed E-state index contributed by atoms with van der Waals surface area (Å²) in [5.41, 5.74) is 6.71. The predicted molar refractivity (Wildman–Crippen MR) is 147 cm³/mol. The molecule has 1 N–H and O–H groups in total. The maximum Gasteiger partial charge on any atom is 0.226 e. The first-order valence-electron chi connectivity index (χ1n) is 12.8. The van der Waals surface area contributed by atoms with Crippen molar-refractivity contribution < 1.29 is 9.47 Å². The molecule has 8 heteroatoms. The van der Waals surface area contributed by atoms with Crippen LogP contribution in [-0.4, -0.2) is 45.2 Å². The molecule has 38 heavy (non-hydrogen) atoms. The summed E-state index contributed by atoms with van der Waals surface area (Å²) in [6.07, 6.45) is 2.98. The number of ether oxygens (including phenoxy) is 2. The second kappa shape index (κ2) is 10.5. The third-order valence-corrected chi connectivity index (χ3v) is 6.97. The summed E-state index contributed by atoms with van der Waals surface area (Å²) < 4.78 is 12.7. The maximum atomic E-state index is 5.46. The van der Waals surface area contributed by atoms with Gasteiger partial charge in [-0.05, 0) is 35.2 Å². The van der Waals surface area contributed by atoms with Crippen LogP contribution in [0.1, 0.15) is 22.3 Å². The van der Waals surface area contributed by atoms with E-state index in [9.17, 15) is 0 Å². The van der Waals surface area contributed by atoms with E-state index in [1.807, 2.05) is 59.2 Å². The number of aromatic nitrogens is 4. The van der Waals surface area contributed by atoms with Gasteiger partial charge in [0.25, 0.3) is 0 Å². The van der Waals surface area contributed by atoms with E-state index in [-0.39, 0.29) is 0 Å². The largest absolute Gasteiger partial charge is 0.493 e. The zero-order valence-electron chi connectivity index (χ0n) is 21.6.